The van der Waals surface area contributed by atoms with Gasteiger partial charge in [0.25, 0.3) is 0 Å². The van der Waals surface area contributed by atoms with Crippen molar-refractivity contribution in [2.45, 2.75) is 20.8 Å². The number of anilines is 1. The number of benzene rings is 1. The minimum absolute atomic E-state index is 0.0599. The maximum atomic E-state index is 11.5. The van der Waals surface area contributed by atoms with Gasteiger partial charge in [0.15, 0.2) is 0 Å². The molecule has 1 aromatic rings. The van der Waals surface area contributed by atoms with Crippen molar-refractivity contribution >= 4 is 23.4 Å². The molecule has 4 nitrogen and oxygen atoms in total. The van der Waals surface area contributed by atoms with Crippen LogP contribution in [0.1, 0.15) is 19.4 Å². The summed E-state index contributed by atoms with van der Waals surface area (Å²) in [7, 11) is 0. The molecule has 0 saturated carbocycles. The van der Waals surface area contributed by atoms with Gasteiger partial charge in [-0.05, 0) is 24.6 Å². The first-order valence-corrected chi connectivity index (χ1v) is 5.04. The minimum atomic E-state index is -0.0855. The molecule has 1 amide bonds. The topological polar surface area (TPSA) is 58.5 Å². The van der Waals surface area contributed by atoms with Gasteiger partial charge in [0, 0.05) is 11.6 Å². The molecule has 0 aliphatic carbocycles. The predicted molar refractivity (Wildman–Crippen MR) is 62.4 cm³/mol. The number of hydrogen-bond donors (Lipinski definition) is 1. The first kappa shape index (κ1) is 12.1. The van der Waals surface area contributed by atoms with Crippen LogP contribution in [0.25, 0.3) is 0 Å². The van der Waals surface area contributed by atoms with Gasteiger partial charge in [0.1, 0.15) is 0 Å². The third kappa shape index (κ3) is 3.04. The Morgan fingerprint density at radius 1 is 1.44 bits per heavy atom. The van der Waals surface area contributed by atoms with Gasteiger partial charge in [-0.1, -0.05) is 19.9 Å². The van der Waals surface area contributed by atoms with E-state index >= 15 is 0 Å². The molecule has 0 bridgehead atoms. The Morgan fingerprint density at radius 2 is 2.12 bits per heavy atom. The quantitative estimate of drug-likeness (QED) is 0.626. The number of rotatable bonds is 3. The Kier molecular flexibility index (Phi) is 3.97. The molecule has 84 valence electrons. The Morgan fingerprint density at radius 3 is 2.69 bits per heavy atom. The lowest BCUT2D eigenvalue weighted by Gasteiger charge is -2.10. The molecular weight excluding hydrogens is 204 g/mol. The molecule has 0 spiro atoms. The van der Waals surface area contributed by atoms with E-state index in [0.717, 1.165) is 5.56 Å². The highest BCUT2D eigenvalue weighted by molar-refractivity contribution is 5.93. The van der Waals surface area contributed by atoms with Gasteiger partial charge in [-0.2, -0.15) is 4.99 Å². The summed E-state index contributed by atoms with van der Waals surface area (Å²) < 4.78 is 0. The molecule has 0 aliphatic heterocycles. The molecule has 4 heteroatoms. The first-order valence-electron chi connectivity index (χ1n) is 5.04. The average molecular weight is 218 g/mol. The summed E-state index contributed by atoms with van der Waals surface area (Å²) in [5.74, 6) is -0.145. The van der Waals surface area contributed by atoms with Gasteiger partial charge in [-0.3, -0.25) is 4.79 Å². The van der Waals surface area contributed by atoms with Crippen molar-refractivity contribution in [3.63, 3.8) is 0 Å². The van der Waals surface area contributed by atoms with Gasteiger partial charge >= 0.3 is 0 Å². The van der Waals surface area contributed by atoms with E-state index in [1.54, 1.807) is 18.2 Å². The molecule has 0 radical (unpaired) electrons. The second kappa shape index (κ2) is 5.24. The second-order valence-corrected chi connectivity index (χ2v) is 3.85. The third-order valence-corrected chi connectivity index (χ3v) is 2.18. The average Bonchev–Trinajstić information content (AvgIpc) is 2.23. The largest absolute Gasteiger partial charge is 0.326 e. The molecule has 0 fully saturated rings. The molecule has 16 heavy (non-hydrogen) atoms. The maximum Gasteiger partial charge on any atom is 0.240 e. The summed E-state index contributed by atoms with van der Waals surface area (Å²) in [6.07, 6.45) is 1.47. The van der Waals surface area contributed by atoms with Gasteiger partial charge in [0.2, 0.25) is 12.0 Å². The lowest BCUT2D eigenvalue weighted by molar-refractivity contribution is -0.118. The van der Waals surface area contributed by atoms with Crippen LogP contribution in [0.3, 0.4) is 0 Å². The molecule has 0 unspecified atom stereocenters. The SMILES string of the molecule is Cc1ccc(N=C=O)cc1NC(=O)C(C)C. The van der Waals surface area contributed by atoms with Gasteiger partial charge in [0.05, 0.1) is 5.69 Å². The van der Waals surface area contributed by atoms with Gasteiger partial charge in [-0.25, -0.2) is 4.79 Å². The molecule has 1 aromatic carbocycles. The molecular formula is C12H14N2O2. The van der Waals surface area contributed by atoms with Crippen molar-refractivity contribution in [2.75, 3.05) is 5.32 Å². The van der Waals surface area contributed by atoms with Crippen molar-refractivity contribution in [2.24, 2.45) is 10.9 Å². The molecule has 1 rings (SSSR count). The second-order valence-electron chi connectivity index (χ2n) is 3.85. The normalized spacial score (nSPS) is 9.75. The summed E-state index contributed by atoms with van der Waals surface area (Å²) in [6, 6.07) is 5.15. The van der Waals surface area contributed by atoms with Crippen LogP contribution >= 0.6 is 0 Å². The smallest absolute Gasteiger partial charge is 0.240 e. The fraction of sp³-hybridized carbons (Fsp3) is 0.333. The Hall–Kier alpha value is -1.93. The maximum absolute atomic E-state index is 11.5. The van der Waals surface area contributed by atoms with E-state index in [1.807, 2.05) is 20.8 Å². The van der Waals surface area contributed by atoms with E-state index in [0.29, 0.717) is 11.4 Å². The predicted octanol–water partition coefficient (Wildman–Crippen LogP) is 2.56. The molecule has 0 aromatic heterocycles. The lowest BCUT2D eigenvalue weighted by Crippen LogP contribution is -2.18. The number of nitrogens with one attached hydrogen (secondary N) is 1. The number of carbonyl (C=O) groups is 1. The highest BCUT2D eigenvalue weighted by atomic mass is 16.1. The molecule has 0 atom stereocenters. The highest BCUT2D eigenvalue weighted by Crippen LogP contribution is 2.22. The van der Waals surface area contributed by atoms with Crippen LogP contribution < -0.4 is 5.32 Å². The number of aryl methyl sites for hydroxylation is 1. The minimum Gasteiger partial charge on any atom is -0.326 e. The first-order chi connectivity index (χ1) is 7.54. The molecule has 1 N–H and O–H groups in total. The van der Waals surface area contributed by atoms with E-state index in [4.69, 9.17) is 0 Å². The zero-order chi connectivity index (χ0) is 12.1. The summed E-state index contributed by atoms with van der Waals surface area (Å²) in [4.78, 5) is 25.1. The lowest BCUT2D eigenvalue weighted by atomic mass is 10.1. The number of amides is 1. The molecule has 0 heterocycles. The monoisotopic (exact) mass is 218 g/mol. The fourth-order valence-electron chi connectivity index (χ4n) is 1.14. The van der Waals surface area contributed by atoms with Crippen molar-refractivity contribution in [3.05, 3.63) is 23.8 Å². The summed E-state index contributed by atoms with van der Waals surface area (Å²) in [5, 5.41) is 2.78. The summed E-state index contributed by atoms with van der Waals surface area (Å²) in [5.41, 5.74) is 2.09. The molecule has 0 saturated heterocycles. The van der Waals surface area contributed by atoms with Crippen molar-refractivity contribution in [1.29, 1.82) is 0 Å². The van der Waals surface area contributed by atoms with E-state index in [9.17, 15) is 9.59 Å². The van der Waals surface area contributed by atoms with Crippen molar-refractivity contribution in [3.8, 4) is 0 Å². The van der Waals surface area contributed by atoms with Crippen LogP contribution in [0.15, 0.2) is 23.2 Å². The number of carbonyl (C=O) groups excluding carboxylic acids is 2. The number of hydrogen-bond acceptors (Lipinski definition) is 3. The van der Waals surface area contributed by atoms with Gasteiger partial charge in [-0.15, -0.1) is 0 Å². The van der Waals surface area contributed by atoms with Crippen LogP contribution in [0.2, 0.25) is 0 Å². The van der Waals surface area contributed by atoms with Crippen LogP contribution in [0, 0.1) is 12.8 Å². The Balaban J connectivity index is 2.98. The van der Waals surface area contributed by atoms with Crippen molar-refractivity contribution < 1.29 is 9.59 Å². The zero-order valence-electron chi connectivity index (χ0n) is 9.57. The fourth-order valence-corrected chi connectivity index (χ4v) is 1.14. The molecule has 0 aliphatic rings. The van der Waals surface area contributed by atoms with Crippen molar-refractivity contribution in [1.82, 2.24) is 0 Å². The Bertz CT molecular complexity index is 446. The highest BCUT2D eigenvalue weighted by Gasteiger charge is 2.08. The summed E-state index contributed by atoms with van der Waals surface area (Å²) in [6.45, 7) is 5.51. The third-order valence-electron chi connectivity index (χ3n) is 2.18. The van der Waals surface area contributed by atoms with Gasteiger partial charge < -0.3 is 5.32 Å². The number of isocyanates is 1. The Labute approximate surface area is 94.4 Å². The summed E-state index contributed by atoms with van der Waals surface area (Å²) >= 11 is 0. The standard InChI is InChI=1S/C12H14N2O2/c1-8(2)12(16)14-11-6-10(13-7-15)5-4-9(11)3/h4-6,8H,1-3H3,(H,14,16). The van der Waals surface area contributed by atoms with E-state index in [-0.39, 0.29) is 11.8 Å². The zero-order valence-corrected chi connectivity index (χ0v) is 9.57. The van der Waals surface area contributed by atoms with E-state index < -0.39 is 0 Å². The number of nitrogens with zero attached hydrogens (tertiary/aromatic N) is 1. The van der Waals surface area contributed by atoms with E-state index in [2.05, 4.69) is 10.3 Å². The van der Waals surface area contributed by atoms with Crippen LogP contribution in [-0.4, -0.2) is 12.0 Å². The van der Waals surface area contributed by atoms with E-state index in [1.165, 1.54) is 6.08 Å². The van der Waals surface area contributed by atoms with Crippen LogP contribution in [0.4, 0.5) is 11.4 Å². The van der Waals surface area contributed by atoms with Crippen LogP contribution in [0.5, 0.6) is 0 Å². The number of aliphatic imine (C=N–C) groups is 1. The van der Waals surface area contributed by atoms with Crippen LogP contribution in [-0.2, 0) is 9.59 Å².